The van der Waals surface area contributed by atoms with E-state index in [1.54, 1.807) is 43.3 Å². The summed E-state index contributed by atoms with van der Waals surface area (Å²) in [7, 11) is -3.66. The van der Waals surface area contributed by atoms with Gasteiger partial charge >= 0.3 is 0 Å². The van der Waals surface area contributed by atoms with Crippen molar-refractivity contribution in [3.05, 3.63) is 48.0 Å². The first kappa shape index (κ1) is 15.2. The molecular formula is C15H18N2O3S. The van der Waals surface area contributed by atoms with Gasteiger partial charge in [-0.3, -0.25) is 4.72 Å². The summed E-state index contributed by atoms with van der Waals surface area (Å²) in [6.45, 7) is 4.18. The molecule has 0 saturated carbocycles. The third-order valence-electron chi connectivity index (χ3n) is 2.92. The highest BCUT2D eigenvalue weighted by Gasteiger charge is 2.17. The lowest BCUT2D eigenvalue weighted by atomic mass is 10.2. The standard InChI is InChI=1S/C15H18N2O3S/c1-3-20-14-8-6-13(7-9-14)17-21(18,19)15-10-12(16)5-4-11(15)2/h4-10,17H,3,16H2,1-2H3. The molecule has 21 heavy (non-hydrogen) atoms. The molecule has 3 N–H and O–H groups in total. The summed E-state index contributed by atoms with van der Waals surface area (Å²) in [6, 6.07) is 11.6. The van der Waals surface area contributed by atoms with Crippen LogP contribution in [-0.2, 0) is 10.0 Å². The summed E-state index contributed by atoms with van der Waals surface area (Å²) in [6.07, 6.45) is 0. The van der Waals surface area contributed by atoms with Crippen molar-refractivity contribution in [2.75, 3.05) is 17.1 Å². The van der Waals surface area contributed by atoms with Gasteiger partial charge < -0.3 is 10.5 Å². The molecule has 6 heteroatoms. The lowest BCUT2D eigenvalue weighted by Crippen LogP contribution is -2.14. The van der Waals surface area contributed by atoms with E-state index in [0.717, 1.165) is 0 Å². The minimum absolute atomic E-state index is 0.177. The molecule has 0 amide bonds. The van der Waals surface area contributed by atoms with Crippen LogP contribution in [0.2, 0.25) is 0 Å². The number of nitrogens with one attached hydrogen (secondary N) is 1. The van der Waals surface area contributed by atoms with Crippen molar-refractivity contribution in [2.24, 2.45) is 0 Å². The number of aryl methyl sites for hydroxylation is 1. The van der Waals surface area contributed by atoms with Crippen molar-refractivity contribution < 1.29 is 13.2 Å². The van der Waals surface area contributed by atoms with Crippen LogP contribution in [0.25, 0.3) is 0 Å². The highest BCUT2D eigenvalue weighted by Crippen LogP contribution is 2.23. The molecule has 2 aromatic rings. The molecule has 0 fully saturated rings. The van der Waals surface area contributed by atoms with Gasteiger partial charge in [0.25, 0.3) is 10.0 Å². The van der Waals surface area contributed by atoms with Gasteiger partial charge in [-0.05, 0) is 55.8 Å². The van der Waals surface area contributed by atoms with E-state index in [-0.39, 0.29) is 4.90 Å². The fourth-order valence-electron chi connectivity index (χ4n) is 1.90. The fourth-order valence-corrected chi connectivity index (χ4v) is 3.24. The molecule has 2 aromatic carbocycles. The summed E-state index contributed by atoms with van der Waals surface area (Å²) in [4.78, 5) is 0.177. The molecule has 0 aliphatic rings. The minimum Gasteiger partial charge on any atom is -0.494 e. The smallest absolute Gasteiger partial charge is 0.262 e. The van der Waals surface area contributed by atoms with E-state index in [9.17, 15) is 8.42 Å². The molecule has 0 atom stereocenters. The Labute approximate surface area is 124 Å². The second kappa shape index (κ2) is 6.05. The SMILES string of the molecule is CCOc1ccc(NS(=O)(=O)c2cc(N)ccc2C)cc1. The van der Waals surface area contributed by atoms with Gasteiger partial charge in [0.2, 0.25) is 0 Å². The topological polar surface area (TPSA) is 81.4 Å². The monoisotopic (exact) mass is 306 g/mol. The number of hydrogen-bond donors (Lipinski definition) is 2. The zero-order valence-corrected chi connectivity index (χ0v) is 12.8. The summed E-state index contributed by atoms with van der Waals surface area (Å²) >= 11 is 0. The second-order valence-corrected chi connectivity index (χ2v) is 6.24. The summed E-state index contributed by atoms with van der Waals surface area (Å²) in [5, 5.41) is 0. The Kier molecular flexibility index (Phi) is 4.37. The van der Waals surface area contributed by atoms with Gasteiger partial charge in [-0.25, -0.2) is 8.42 Å². The third kappa shape index (κ3) is 3.66. The van der Waals surface area contributed by atoms with Crippen molar-refractivity contribution in [1.29, 1.82) is 0 Å². The van der Waals surface area contributed by atoms with Crippen LogP contribution in [0, 0.1) is 6.92 Å². The lowest BCUT2D eigenvalue weighted by molar-refractivity contribution is 0.340. The van der Waals surface area contributed by atoms with Crippen LogP contribution >= 0.6 is 0 Å². The van der Waals surface area contributed by atoms with Crippen LogP contribution in [-0.4, -0.2) is 15.0 Å². The van der Waals surface area contributed by atoms with E-state index < -0.39 is 10.0 Å². The largest absolute Gasteiger partial charge is 0.494 e. The number of anilines is 2. The van der Waals surface area contributed by atoms with Crippen LogP contribution in [0.15, 0.2) is 47.4 Å². The highest BCUT2D eigenvalue weighted by atomic mass is 32.2. The number of sulfonamides is 1. The van der Waals surface area contributed by atoms with E-state index in [1.807, 2.05) is 6.92 Å². The summed E-state index contributed by atoms with van der Waals surface area (Å²) in [5.41, 5.74) is 7.19. The van der Waals surface area contributed by atoms with Crippen molar-refractivity contribution in [2.45, 2.75) is 18.7 Å². The molecule has 0 heterocycles. The first-order chi connectivity index (χ1) is 9.92. The van der Waals surface area contributed by atoms with Gasteiger partial charge in [0.15, 0.2) is 0 Å². The molecule has 0 aliphatic heterocycles. The Morgan fingerprint density at radius 3 is 2.43 bits per heavy atom. The Hall–Kier alpha value is -2.21. The Morgan fingerprint density at radius 2 is 1.81 bits per heavy atom. The zero-order chi connectivity index (χ0) is 15.5. The molecular weight excluding hydrogens is 288 g/mol. The molecule has 0 aromatic heterocycles. The molecule has 5 nitrogen and oxygen atoms in total. The van der Waals surface area contributed by atoms with E-state index in [2.05, 4.69) is 4.72 Å². The Morgan fingerprint density at radius 1 is 1.14 bits per heavy atom. The zero-order valence-electron chi connectivity index (χ0n) is 12.0. The van der Waals surface area contributed by atoms with Crippen LogP contribution < -0.4 is 15.2 Å². The fraction of sp³-hybridized carbons (Fsp3) is 0.200. The van der Waals surface area contributed by atoms with E-state index in [0.29, 0.717) is 29.3 Å². The maximum Gasteiger partial charge on any atom is 0.262 e. The van der Waals surface area contributed by atoms with Crippen molar-refractivity contribution in [1.82, 2.24) is 0 Å². The maximum absolute atomic E-state index is 12.4. The molecule has 0 radical (unpaired) electrons. The normalized spacial score (nSPS) is 11.1. The molecule has 2 rings (SSSR count). The van der Waals surface area contributed by atoms with Gasteiger partial charge in [-0.2, -0.15) is 0 Å². The van der Waals surface area contributed by atoms with Crippen molar-refractivity contribution in [3.8, 4) is 5.75 Å². The molecule has 0 saturated heterocycles. The van der Waals surface area contributed by atoms with Gasteiger partial charge in [-0.15, -0.1) is 0 Å². The predicted octanol–water partition coefficient (Wildman–Crippen LogP) is 2.78. The highest BCUT2D eigenvalue weighted by molar-refractivity contribution is 7.92. The van der Waals surface area contributed by atoms with Gasteiger partial charge in [0.05, 0.1) is 11.5 Å². The Bertz CT molecular complexity index is 725. The second-order valence-electron chi connectivity index (χ2n) is 4.59. The van der Waals surface area contributed by atoms with Gasteiger partial charge in [-0.1, -0.05) is 6.07 Å². The molecule has 112 valence electrons. The van der Waals surface area contributed by atoms with Gasteiger partial charge in [0, 0.05) is 11.4 Å². The summed E-state index contributed by atoms with van der Waals surface area (Å²) in [5.74, 6) is 0.695. The lowest BCUT2D eigenvalue weighted by Gasteiger charge is -2.11. The number of nitrogen functional groups attached to an aromatic ring is 1. The average Bonchev–Trinajstić information content (AvgIpc) is 2.43. The van der Waals surface area contributed by atoms with E-state index in [1.165, 1.54) is 6.07 Å². The van der Waals surface area contributed by atoms with Crippen LogP contribution in [0.4, 0.5) is 11.4 Å². The minimum atomic E-state index is -3.66. The maximum atomic E-state index is 12.4. The third-order valence-corrected chi connectivity index (χ3v) is 4.44. The number of ether oxygens (including phenoxy) is 1. The van der Waals surface area contributed by atoms with Gasteiger partial charge in [0.1, 0.15) is 5.75 Å². The first-order valence-corrected chi connectivity index (χ1v) is 8.02. The van der Waals surface area contributed by atoms with E-state index >= 15 is 0 Å². The molecule has 0 bridgehead atoms. The predicted molar refractivity (Wildman–Crippen MR) is 84.0 cm³/mol. The van der Waals surface area contributed by atoms with Crippen molar-refractivity contribution >= 4 is 21.4 Å². The average molecular weight is 306 g/mol. The quantitative estimate of drug-likeness (QED) is 0.832. The van der Waals surface area contributed by atoms with E-state index in [4.69, 9.17) is 10.5 Å². The number of rotatable bonds is 5. The Balaban J connectivity index is 2.26. The summed E-state index contributed by atoms with van der Waals surface area (Å²) < 4.78 is 32.6. The number of nitrogens with two attached hydrogens (primary N) is 1. The number of hydrogen-bond acceptors (Lipinski definition) is 4. The molecule has 0 spiro atoms. The van der Waals surface area contributed by atoms with Crippen LogP contribution in [0.1, 0.15) is 12.5 Å². The number of benzene rings is 2. The first-order valence-electron chi connectivity index (χ1n) is 6.54. The van der Waals surface area contributed by atoms with Crippen LogP contribution in [0.3, 0.4) is 0 Å². The van der Waals surface area contributed by atoms with Crippen LogP contribution in [0.5, 0.6) is 5.75 Å². The molecule has 0 unspecified atom stereocenters. The molecule has 0 aliphatic carbocycles. The van der Waals surface area contributed by atoms with Crippen molar-refractivity contribution in [3.63, 3.8) is 0 Å².